The van der Waals surface area contributed by atoms with Gasteiger partial charge in [0.05, 0.1) is 0 Å². The molecule has 17 heavy (non-hydrogen) atoms. The molecule has 1 fully saturated rings. The molecule has 2 aromatic rings. The van der Waals surface area contributed by atoms with Gasteiger partial charge >= 0.3 is 0 Å². The molecular weight excluding hydrogens is 236 g/mol. The summed E-state index contributed by atoms with van der Waals surface area (Å²) in [5, 5.41) is 4.78. The van der Waals surface area contributed by atoms with E-state index in [4.69, 9.17) is 11.6 Å². The van der Waals surface area contributed by atoms with Gasteiger partial charge in [0.2, 0.25) is 5.91 Å². The lowest BCUT2D eigenvalue weighted by Crippen LogP contribution is -2.28. The van der Waals surface area contributed by atoms with E-state index >= 15 is 0 Å². The number of hydrogen-bond donors (Lipinski definition) is 1. The molecule has 0 radical (unpaired) electrons. The zero-order valence-electron chi connectivity index (χ0n) is 9.32. The predicted molar refractivity (Wildman–Crippen MR) is 68.1 cm³/mol. The van der Waals surface area contributed by atoms with Crippen LogP contribution < -0.4 is 5.32 Å². The molecule has 1 heterocycles. The predicted octanol–water partition coefficient (Wildman–Crippen LogP) is 2.57. The second kappa shape index (κ2) is 4.08. The van der Waals surface area contributed by atoms with Crippen molar-refractivity contribution in [3.8, 4) is 0 Å². The minimum Gasteiger partial charge on any atom is -0.352 e. The summed E-state index contributed by atoms with van der Waals surface area (Å²) >= 11 is 5.96. The lowest BCUT2D eigenvalue weighted by atomic mass is 10.2. The number of fused-ring (bicyclic) bond motifs is 1. The topological polar surface area (TPSA) is 34.0 Å². The Balaban J connectivity index is 1.83. The van der Waals surface area contributed by atoms with Crippen LogP contribution in [0.2, 0.25) is 5.02 Å². The Bertz CT molecular complexity index is 572. The van der Waals surface area contributed by atoms with Gasteiger partial charge in [-0.2, -0.15) is 0 Å². The van der Waals surface area contributed by atoms with E-state index < -0.39 is 0 Å². The number of carbonyl (C=O) groups is 1. The number of rotatable bonds is 3. The van der Waals surface area contributed by atoms with Crippen molar-refractivity contribution in [3.63, 3.8) is 0 Å². The lowest BCUT2D eigenvalue weighted by Gasteiger charge is -2.06. The van der Waals surface area contributed by atoms with Gasteiger partial charge in [-0.05, 0) is 36.4 Å². The van der Waals surface area contributed by atoms with Gasteiger partial charge in [-0.1, -0.05) is 17.7 Å². The van der Waals surface area contributed by atoms with E-state index in [0.29, 0.717) is 17.6 Å². The van der Waals surface area contributed by atoms with Crippen molar-refractivity contribution < 1.29 is 4.79 Å². The Morgan fingerprint density at radius 3 is 3.00 bits per heavy atom. The number of amides is 1. The maximum absolute atomic E-state index is 11.7. The van der Waals surface area contributed by atoms with E-state index in [-0.39, 0.29) is 5.91 Å². The first-order valence-electron chi connectivity index (χ1n) is 5.76. The van der Waals surface area contributed by atoms with Crippen molar-refractivity contribution in [1.82, 2.24) is 9.88 Å². The summed E-state index contributed by atoms with van der Waals surface area (Å²) in [6.45, 7) is 0.361. The fourth-order valence-corrected chi connectivity index (χ4v) is 2.12. The summed E-state index contributed by atoms with van der Waals surface area (Å²) in [6, 6.07) is 8.12. The van der Waals surface area contributed by atoms with Gasteiger partial charge in [0.15, 0.2) is 0 Å². The number of carbonyl (C=O) groups excluding carboxylic acids is 1. The zero-order chi connectivity index (χ0) is 11.8. The second-order valence-corrected chi connectivity index (χ2v) is 4.93. The number of benzene rings is 1. The summed E-state index contributed by atoms with van der Waals surface area (Å²) in [5.41, 5.74) is 1.00. The summed E-state index contributed by atoms with van der Waals surface area (Å²) in [5.74, 6) is 0.0741. The molecule has 1 aliphatic carbocycles. The van der Waals surface area contributed by atoms with Gasteiger partial charge in [0.1, 0.15) is 6.54 Å². The molecule has 0 saturated heterocycles. The minimum atomic E-state index is 0.0741. The van der Waals surface area contributed by atoms with E-state index in [9.17, 15) is 4.79 Å². The highest BCUT2D eigenvalue weighted by Crippen LogP contribution is 2.21. The normalized spacial score (nSPS) is 15.1. The molecular formula is C13H13ClN2O. The first kappa shape index (κ1) is 10.7. The molecule has 1 aromatic carbocycles. The molecule has 1 saturated carbocycles. The summed E-state index contributed by atoms with van der Waals surface area (Å²) in [7, 11) is 0. The molecule has 1 N–H and O–H groups in total. The van der Waals surface area contributed by atoms with Crippen molar-refractivity contribution in [1.29, 1.82) is 0 Å². The first-order valence-corrected chi connectivity index (χ1v) is 6.14. The standard InChI is InChI=1S/C13H13ClN2O/c14-10-2-1-9-5-6-16(12(9)7-10)8-13(17)15-11-3-4-11/h1-2,5-7,11H,3-4,8H2,(H,15,17). The van der Waals surface area contributed by atoms with Crippen molar-refractivity contribution in [3.05, 3.63) is 35.5 Å². The quantitative estimate of drug-likeness (QED) is 0.890. The van der Waals surface area contributed by atoms with Gasteiger partial charge in [-0.25, -0.2) is 0 Å². The van der Waals surface area contributed by atoms with Crippen LogP contribution in [0.1, 0.15) is 12.8 Å². The molecule has 0 atom stereocenters. The molecule has 3 rings (SSSR count). The van der Waals surface area contributed by atoms with Crippen LogP contribution in [0.15, 0.2) is 30.5 Å². The molecule has 88 valence electrons. The molecule has 0 bridgehead atoms. The Kier molecular flexibility index (Phi) is 2.56. The van der Waals surface area contributed by atoms with Crippen molar-refractivity contribution in [2.75, 3.05) is 0 Å². The third-order valence-corrected chi connectivity index (χ3v) is 3.23. The Hall–Kier alpha value is -1.48. The maximum Gasteiger partial charge on any atom is 0.240 e. The maximum atomic E-state index is 11.7. The first-order chi connectivity index (χ1) is 8.22. The van der Waals surface area contributed by atoms with E-state index in [1.54, 1.807) is 0 Å². The second-order valence-electron chi connectivity index (χ2n) is 4.49. The molecule has 1 amide bonds. The Labute approximate surface area is 104 Å². The van der Waals surface area contributed by atoms with Crippen LogP contribution >= 0.6 is 11.6 Å². The average molecular weight is 249 g/mol. The molecule has 0 unspecified atom stereocenters. The Morgan fingerprint density at radius 2 is 2.24 bits per heavy atom. The highest BCUT2D eigenvalue weighted by Gasteiger charge is 2.23. The largest absolute Gasteiger partial charge is 0.352 e. The number of aromatic nitrogens is 1. The van der Waals surface area contributed by atoms with Gasteiger partial charge in [0.25, 0.3) is 0 Å². The van der Waals surface area contributed by atoms with Gasteiger partial charge in [0, 0.05) is 22.8 Å². The van der Waals surface area contributed by atoms with Gasteiger partial charge in [-0.15, -0.1) is 0 Å². The van der Waals surface area contributed by atoms with Crippen LogP contribution in [0.25, 0.3) is 10.9 Å². The smallest absolute Gasteiger partial charge is 0.240 e. The van der Waals surface area contributed by atoms with E-state index in [2.05, 4.69) is 5.32 Å². The van der Waals surface area contributed by atoms with Crippen molar-refractivity contribution in [2.24, 2.45) is 0 Å². The zero-order valence-corrected chi connectivity index (χ0v) is 10.1. The fraction of sp³-hybridized carbons (Fsp3) is 0.308. The highest BCUT2D eigenvalue weighted by molar-refractivity contribution is 6.31. The van der Waals surface area contributed by atoms with Crippen molar-refractivity contribution >= 4 is 28.4 Å². The fourth-order valence-electron chi connectivity index (χ4n) is 1.95. The molecule has 0 aliphatic heterocycles. The third-order valence-electron chi connectivity index (χ3n) is 2.99. The monoisotopic (exact) mass is 248 g/mol. The number of halogens is 1. The van der Waals surface area contributed by atoms with Crippen LogP contribution in [0.5, 0.6) is 0 Å². The summed E-state index contributed by atoms with van der Waals surface area (Å²) < 4.78 is 1.93. The number of nitrogens with zero attached hydrogens (tertiary/aromatic N) is 1. The van der Waals surface area contributed by atoms with Crippen LogP contribution in [0.3, 0.4) is 0 Å². The molecule has 4 heteroatoms. The summed E-state index contributed by atoms with van der Waals surface area (Å²) in [6.07, 6.45) is 4.15. The summed E-state index contributed by atoms with van der Waals surface area (Å²) in [4.78, 5) is 11.7. The average Bonchev–Trinajstić information content (AvgIpc) is 3.01. The SMILES string of the molecule is O=C(Cn1ccc2ccc(Cl)cc21)NC1CC1. The van der Waals surface area contributed by atoms with Crippen LogP contribution in [0.4, 0.5) is 0 Å². The molecule has 1 aromatic heterocycles. The van der Waals surface area contributed by atoms with Gasteiger partial charge in [-0.3, -0.25) is 4.79 Å². The van der Waals surface area contributed by atoms with Crippen LogP contribution in [-0.2, 0) is 11.3 Å². The molecule has 3 nitrogen and oxygen atoms in total. The minimum absolute atomic E-state index is 0.0741. The van der Waals surface area contributed by atoms with E-state index in [1.807, 2.05) is 35.0 Å². The highest BCUT2D eigenvalue weighted by atomic mass is 35.5. The van der Waals surface area contributed by atoms with Crippen molar-refractivity contribution in [2.45, 2.75) is 25.4 Å². The van der Waals surface area contributed by atoms with E-state index in [1.165, 1.54) is 0 Å². The molecule has 0 spiro atoms. The van der Waals surface area contributed by atoms with Crippen LogP contribution in [-0.4, -0.2) is 16.5 Å². The van der Waals surface area contributed by atoms with Gasteiger partial charge < -0.3 is 9.88 Å². The van der Waals surface area contributed by atoms with Crippen LogP contribution in [0, 0.1) is 0 Å². The molecule has 1 aliphatic rings. The lowest BCUT2D eigenvalue weighted by molar-refractivity contribution is -0.121. The number of nitrogens with one attached hydrogen (secondary N) is 1. The Morgan fingerprint density at radius 1 is 1.41 bits per heavy atom. The van der Waals surface area contributed by atoms with E-state index in [0.717, 1.165) is 23.7 Å². The third kappa shape index (κ3) is 2.29. The number of hydrogen-bond acceptors (Lipinski definition) is 1.